The molecule has 0 aromatic carbocycles. The van der Waals surface area contributed by atoms with Gasteiger partial charge in [0.2, 0.25) is 0 Å². The third kappa shape index (κ3) is 1.42. The number of hydrogen-bond acceptors (Lipinski definition) is 4. The van der Waals surface area contributed by atoms with Gasteiger partial charge < -0.3 is 9.47 Å². The molecule has 1 aliphatic carbocycles. The predicted octanol–water partition coefficient (Wildman–Crippen LogP) is 1.71. The van der Waals surface area contributed by atoms with Gasteiger partial charge in [0.25, 0.3) is 0 Å². The highest BCUT2D eigenvalue weighted by molar-refractivity contribution is 6.11. The maximum absolute atomic E-state index is 11.9. The van der Waals surface area contributed by atoms with E-state index < -0.39 is 5.60 Å². The first-order chi connectivity index (χ1) is 8.78. The highest BCUT2D eigenvalue weighted by Gasteiger charge is 2.46. The Bertz CT molecular complexity index is 551. The van der Waals surface area contributed by atoms with E-state index in [2.05, 4.69) is 4.99 Å². The molecule has 3 aliphatic rings. The second-order valence-corrected chi connectivity index (χ2v) is 4.19. The van der Waals surface area contributed by atoms with E-state index in [4.69, 9.17) is 9.47 Å². The van der Waals surface area contributed by atoms with Crippen LogP contribution in [0.4, 0.5) is 0 Å². The number of ether oxygens (including phenoxy) is 2. The van der Waals surface area contributed by atoms with Crippen molar-refractivity contribution < 1.29 is 14.3 Å². The molecule has 1 spiro atoms. The zero-order valence-electron chi connectivity index (χ0n) is 10.1. The summed E-state index contributed by atoms with van der Waals surface area (Å²) >= 11 is 0. The molecular weight excluding hydrogens is 230 g/mol. The van der Waals surface area contributed by atoms with Crippen LogP contribution in [0.15, 0.2) is 52.7 Å². The number of hydrogen-bond donors (Lipinski definition) is 0. The zero-order valence-corrected chi connectivity index (χ0v) is 10.1. The Morgan fingerprint density at radius 3 is 3.22 bits per heavy atom. The number of allylic oxidation sites excluding steroid dienone is 2. The summed E-state index contributed by atoms with van der Waals surface area (Å²) < 4.78 is 10.9. The number of aliphatic imine (C=N–C) groups is 1. The normalized spacial score (nSPS) is 27.9. The Kier molecular flexibility index (Phi) is 2.52. The minimum Gasteiger partial charge on any atom is -0.463 e. The molecule has 0 amide bonds. The van der Waals surface area contributed by atoms with Crippen LogP contribution in [0, 0.1) is 0 Å². The van der Waals surface area contributed by atoms with Crippen molar-refractivity contribution in [1.29, 1.82) is 0 Å². The van der Waals surface area contributed by atoms with E-state index in [-0.39, 0.29) is 12.6 Å². The SMILES string of the molecule is CCOC(=O)C1=C2C=CN=C3C=CC=CC32OC1. The first-order valence-corrected chi connectivity index (χ1v) is 5.93. The van der Waals surface area contributed by atoms with Crippen LogP contribution in [-0.2, 0) is 14.3 Å². The molecule has 3 rings (SSSR count). The van der Waals surface area contributed by atoms with Crippen molar-refractivity contribution in [2.24, 2.45) is 4.99 Å². The first kappa shape index (κ1) is 11.2. The van der Waals surface area contributed by atoms with Crippen molar-refractivity contribution in [3.63, 3.8) is 0 Å². The fourth-order valence-electron chi connectivity index (χ4n) is 2.40. The summed E-state index contributed by atoms with van der Waals surface area (Å²) in [5.74, 6) is -0.307. The third-order valence-corrected chi connectivity index (χ3v) is 3.22. The van der Waals surface area contributed by atoms with E-state index >= 15 is 0 Å². The monoisotopic (exact) mass is 243 g/mol. The minimum absolute atomic E-state index is 0.260. The van der Waals surface area contributed by atoms with Crippen LogP contribution in [0.3, 0.4) is 0 Å². The molecule has 1 unspecified atom stereocenters. The van der Waals surface area contributed by atoms with E-state index in [1.807, 2.05) is 30.4 Å². The van der Waals surface area contributed by atoms with E-state index in [9.17, 15) is 4.79 Å². The van der Waals surface area contributed by atoms with Crippen molar-refractivity contribution in [2.45, 2.75) is 12.5 Å². The smallest absolute Gasteiger partial charge is 0.336 e. The number of rotatable bonds is 2. The molecule has 4 heteroatoms. The van der Waals surface area contributed by atoms with Gasteiger partial charge in [-0.2, -0.15) is 0 Å². The highest BCUT2D eigenvalue weighted by atomic mass is 16.5. The second kappa shape index (κ2) is 4.07. The topological polar surface area (TPSA) is 47.9 Å². The molecule has 18 heavy (non-hydrogen) atoms. The average Bonchev–Trinajstić information content (AvgIpc) is 2.76. The van der Waals surface area contributed by atoms with E-state index in [0.29, 0.717) is 12.2 Å². The molecule has 0 N–H and O–H groups in total. The summed E-state index contributed by atoms with van der Waals surface area (Å²) in [5, 5.41) is 0. The molecular formula is C14H13NO3. The Morgan fingerprint density at radius 2 is 2.39 bits per heavy atom. The molecule has 0 radical (unpaired) electrons. The number of esters is 1. The van der Waals surface area contributed by atoms with Gasteiger partial charge in [-0.05, 0) is 25.2 Å². The highest BCUT2D eigenvalue weighted by Crippen LogP contribution is 2.39. The molecule has 0 saturated heterocycles. The zero-order chi connectivity index (χ0) is 12.6. The van der Waals surface area contributed by atoms with Crippen LogP contribution in [0.1, 0.15) is 6.92 Å². The lowest BCUT2D eigenvalue weighted by Crippen LogP contribution is -2.39. The van der Waals surface area contributed by atoms with Crippen LogP contribution >= 0.6 is 0 Å². The Morgan fingerprint density at radius 1 is 1.50 bits per heavy atom. The average molecular weight is 243 g/mol. The molecule has 4 nitrogen and oxygen atoms in total. The van der Waals surface area contributed by atoms with Crippen molar-refractivity contribution in [3.05, 3.63) is 47.7 Å². The molecule has 1 atom stereocenters. The predicted molar refractivity (Wildman–Crippen MR) is 67.2 cm³/mol. The Hall–Kier alpha value is -1.94. The van der Waals surface area contributed by atoms with Gasteiger partial charge in [0.1, 0.15) is 0 Å². The lowest BCUT2D eigenvalue weighted by atomic mass is 9.83. The van der Waals surface area contributed by atoms with Gasteiger partial charge in [0.15, 0.2) is 5.60 Å². The quantitative estimate of drug-likeness (QED) is 0.694. The summed E-state index contributed by atoms with van der Waals surface area (Å²) in [6, 6.07) is 0. The molecule has 92 valence electrons. The largest absolute Gasteiger partial charge is 0.463 e. The van der Waals surface area contributed by atoms with Gasteiger partial charge in [0.05, 0.1) is 24.5 Å². The van der Waals surface area contributed by atoms with Gasteiger partial charge in [-0.3, -0.25) is 4.99 Å². The van der Waals surface area contributed by atoms with E-state index in [1.54, 1.807) is 13.1 Å². The van der Waals surface area contributed by atoms with Crippen molar-refractivity contribution in [2.75, 3.05) is 13.2 Å². The number of carbonyl (C=O) groups is 1. The molecule has 0 saturated carbocycles. The maximum Gasteiger partial charge on any atom is 0.336 e. The van der Waals surface area contributed by atoms with Gasteiger partial charge in [-0.1, -0.05) is 12.2 Å². The van der Waals surface area contributed by atoms with Crippen LogP contribution in [0.25, 0.3) is 0 Å². The van der Waals surface area contributed by atoms with Crippen molar-refractivity contribution >= 4 is 11.7 Å². The van der Waals surface area contributed by atoms with Crippen LogP contribution < -0.4 is 0 Å². The lowest BCUT2D eigenvalue weighted by molar-refractivity contribution is -0.138. The molecule has 2 aliphatic heterocycles. The van der Waals surface area contributed by atoms with E-state index in [1.165, 1.54) is 0 Å². The van der Waals surface area contributed by atoms with Crippen LogP contribution in [-0.4, -0.2) is 30.5 Å². The van der Waals surface area contributed by atoms with Gasteiger partial charge in [-0.15, -0.1) is 0 Å². The molecule has 0 bridgehead atoms. The second-order valence-electron chi connectivity index (χ2n) is 4.19. The summed E-state index contributed by atoms with van der Waals surface area (Å²) in [4.78, 5) is 16.2. The van der Waals surface area contributed by atoms with Gasteiger partial charge in [0, 0.05) is 11.8 Å². The number of carbonyl (C=O) groups excluding carboxylic acids is 1. The van der Waals surface area contributed by atoms with Gasteiger partial charge >= 0.3 is 5.97 Å². The van der Waals surface area contributed by atoms with E-state index in [0.717, 1.165) is 11.3 Å². The molecule has 2 heterocycles. The maximum atomic E-state index is 11.9. The van der Waals surface area contributed by atoms with Crippen LogP contribution in [0.2, 0.25) is 0 Å². The standard InChI is InChI=1S/C14H13NO3/c1-2-17-13(16)10-9-18-14-7-4-3-5-12(14)15-8-6-11(10)14/h3-8H,2,9H2,1H3. The molecule has 0 fully saturated rings. The molecule has 0 aromatic rings. The Balaban J connectivity index is 2.07. The van der Waals surface area contributed by atoms with Crippen molar-refractivity contribution in [3.8, 4) is 0 Å². The van der Waals surface area contributed by atoms with Crippen molar-refractivity contribution in [1.82, 2.24) is 0 Å². The fraction of sp³-hybridized carbons (Fsp3) is 0.286. The summed E-state index contributed by atoms with van der Waals surface area (Å²) in [6.07, 6.45) is 11.2. The summed E-state index contributed by atoms with van der Waals surface area (Å²) in [5.41, 5.74) is 1.54. The summed E-state index contributed by atoms with van der Waals surface area (Å²) in [6.45, 7) is 2.42. The molecule has 0 aromatic heterocycles. The van der Waals surface area contributed by atoms with Gasteiger partial charge in [-0.25, -0.2) is 4.79 Å². The minimum atomic E-state index is -0.689. The third-order valence-electron chi connectivity index (χ3n) is 3.22. The number of nitrogens with zero attached hydrogens (tertiary/aromatic N) is 1. The Labute approximate surface area is 105 Å². The first-order valence-electron chi connectivity index (χ1n) is 5.93. The van der Waals surface area contributed by atoms with Crippen LogP contribution in [0.5, 0.6) is 0 Å². The lowest BCUT2D eigenvalue weighted by Gasteiger charge is -2.30. The fourth-order valence-corrected chi connectivity index (χ4v) is 2.40. The summed E-state index contributed by atoms with van der Waals surface area (Å²) in [7, 11) is 0.